The SMILES string of the molecule is CSC(Cc1ncc[nH]1)(OC=S)c1sc2c(c1C)CCC=C2. The van der Waals surface area contributed by atoms with Gasteiger partial charge in [-0.3, -0.25) is 0 Å². The molecule has 2 aromatic rings. The van der Waals surface area contributed by atoms with E-state index in [0.29, 0.717) is 6.42 Å². The fourth-order valence-electron chi connectivity index (χ4n) is 2.88. The Labute approximate surface area is 144 Å². The predicted molar refractivity (Wildman–Crippen MR) is 98.6 cm³/mol. The number of thiophene rings is 1. The largest absolute Gasteiger partial charge is 0.467 e. The first-order chi connectivity index (χ1) is 10.7. The normalized spacial score (nSPS) is 16.1. The van der Waals surface area contributed by atoms with Gasteiger partial charge in [0, 0.05) is 17.3 Å². The number of nitrogens with one attached hydrogen (secondary N) is 1. The third-order valence-electron chi connectivity index (χ3n) is 4.00. The van der Waals surface area contributed by atoms with E-state index >= 15 is 0 Å². The van der Waals surface area contributed by atoms with Crippen LogP contribution in [0.25, 0.3) is 6.08 Å². The van der Waals surface area contributed by atoms with Gasteiger partial charge in [0.1, 0.15) is 11.4 Å². The average Bonchev–Trinajstić information content (AvgIpc) is 3.15. The summed E-state index contributed by atoms with van der Waals surface area (Å²) in [7, 11) is 0. The van der Waals surface area contributed by atoms with Gasteiger partial charge in [-0.2, -0.15) is 0 Å². The Morgan fingerprint density at radius 2 is 2.45 bits per heavy atom. The first-order valence-electron chi connectivity index (χ1n) is 7.14. The number of ether oxygens (including phenoxy) is 1. The molecule has 6 heteroatoms. The van der Waals surface area contributed by atoms with Gasteiger partial charge in [-0.25, -0.2) is 4.98 Å². The molecule has 0 amide bonds. The second-order valence-electron chi connectivity index (χ2n) is 5.22. The summed E-state index contributed by atoms with van der Waals surface area (Å²) in [4.78, 5) is 9.62. The lowest BCUT2D eigenvalue weighted by molar-refractivity contribution is 0.170. The second-order valence-corrected chi connectivity index (χ2v) is 7.54. The van der Waals surface area contributed by atoms with Crippen LogP contribution in [0.1, 0.15) is 33.1 Å². The molecule has 22 heavy (non-hydrogen) atoms. The van der Waals surface area contributed by atoms with Crippen LogP contribution in [0, 0.1) is 6.92 Å². The van der Waals surface area contributed by atoms with E-state index in [4.69, 9.17) is 17.0 Å². The molecule has 0 bridgehead atoms. The molecule has 0 aliphatic heterocycles. The highest BCUT2D eigenvalue weighted by Gasteiger charge is 2.38. The number of thioether (sulfide) groups is 1. The third kappa shape index (κ3) is 2.75. The lowest BCUT2D eigenvalue weighted by Crippen LogP contribution is -2.28. The summed E-state index contributed by atoms with van der Waals surface area (Å²) < 4.78 is 5.98. The van der Waals surface area contributed by atoms with E-state index < -0.39 is 4.93 Å². The number of thiocarbonyl (C=S) groups is 1. The maximum absolute atomic E-state index is 5.98. The highest BCUT2D eigenvalue weighted by Crippen LogP contribution is 2.47. The van der Waals surface area contributed by atoms with Crippen LogP contribution >= 0.6 is 35.3 Å². The van der Waals surface area contributed by atoms with E-state index in [-0.39, 0.29) is 0 Å². The summed E-state index contributed by atoms with van der Waals surface area (Å²) in [6.45, 7) is 2.20. The molecule has 1 atom stereocenters. The Balaban J connectivity index is 2.07. The average molecular weight is 351 g/mol. The number of hydrogen-bond donors (Lipinski definition) is 1. The Bertz CT molecular complexity index is 691. The van der Waals surface area contributed by atoms with Crippen molar-refractivity contribution in [1.29, 1.82) is 0 Å². The molecule has 0 radical (unpaired) electrons. The summed E-state index contributed by atoms with van der Waals surface area (Å²) in [5.74, 6) is 0.910. The zero-order valence-corrected chi connectivity index (χ0v) is 15.0. The molecule has 3 rings (SSSR count). The summed E-state index contributed by atoms with van der Waals surface area (Å²) in [6.07, 6.45) is 13.0. The standard InChI is InChI=1S/C16H18N2OS3/c1-11-12-5-3-4-6-13(12)22-15(11)16(21-2,19-10-20)9-14-17-7-8-18-14/h4,6-8,10H,3,5,9H2,1-2H3,(H,17,18). The molecule has 0 aromatic carbocycles. The molecule has 0 spiro atoms. The number of fused-ring (bicyclic) bond motifs is 1. The number of H-pyrrole nitrogens is 1. The zero-order chi connectivity index (χ0) is 15.6. The molecule has 2 heterocycles. The van der Waals surface area contributed by atoms with Gasteiger partial charge in [0.25, 0.3) is 0 Å². The van der Waals surface area contributed by atoms with Gasteiger partial charge in [0.2, 0.25) is 0 Å². The van der Waals surface area contributed by atoms with Crippen molar-refractivity contribution in [3.63, 3.8) is 0 Å². The second kappa shape index (κ2) is 6.56. The van der Waals surface area contributed by atoms with E-state index in [0.717, 1.165) is 18.7 Å². The molecule has 116 valence electrons. The van der Waals surface area contributed by atoms with Gasteiger partial charge in [-0.1, -0.05) is 6.08 Å². The number of aromatic nitrogens is 2. The number of imidazole rings is 1. The van der Waals surface area contributed by atoms with Crippen LogP contribution in [0.3, 0.4) is 0 Å². The minimum absolute atomic E-state index is 0.514. The molecule has 0 fully saturated rings. The molecule has 3 nitrogen and oxygen atoms in total. The lowest BCUT2D eigenvalue weighted by atomic mass is 9.98. The van der Waals surface area contributed by atoms with Gasteiger partial charge in [-0.15, -0.1) is 23.1 Å². The first kappa shape index (κ1) is 15.8. The van der Waals surface area contributed by atoms with Crippen LogP contribution in [-0.4, -0.2) is 21.8 Å². The number of nitrogens with zero attached hydrogens (tertiary/aromatic N) is 1. The third-order valence-corrected chi connectivity index (χ3v) is 6.77. The monoisotopic (exact) mass is 350 g/mol. The Hall–Kier alpha value is -1.11. The predicted octanol–water partition coefficient (Wildman–Crippen LogP) is 4.47. The fraction of sp³-hybridized carbons (Fsp3) is 0.375. The smallest absolute Gasteiger partial charge is 0.196 e. The number of hydrogen-bond acceptors (Lipinski definition) is 5. The van der Waals surface area contributed by atoms with E-state index in [1.807, 2.05) is 17.5 Å². The van der Waals surface area contributed by atoms with Crippen molar-refractivity contribution in [3.8, 4) is 0 Å². The van der Waals surface area contributed by atoms with E-state index in [2.05, 4.69) is 35.3 Å². The topological polar surface area (TPSA) is 37.9 Å². The summed E-state index contributed by atoms with van der Waals surface area (Å²) in [6, 6.07) is 0. The van der Waals surface area contributed by atoms with Crippen LogP contribution in [0.4, 0.5) is 0 Å². The summed E-state index contributed by atoms with van der Waals surface area (Å²) in [5, 5.41) is 0. The highest BCUT2D eigenvalue weighted by atomic mass is 32.2. The van der Waals surface area contributed by atoms with Crippen molar-refractivity contribution in [3.05, 3.63) is 45.2 Å². The zero-order valence-electron chi connectivity index (χ0n) is 12.6. The van der Waals surface area contributed by atoms with Crippen molar-refractivity contribution in [2.45, 2.75) is 31.1 Å². The van der Waals surface area contributed by atoms with Gasteiger partial charge in [0.15, 0.2) is 4.93 Å². The Morgan fingerprint density at radius 3 is 3.09 bits per heavy atom. The molecule has 2 aromatic heterocycles. The maximum atomic E-state index is 5.98. The van der Waals surface area contributed by atoms with Gasteiger partial charge >= 0.3 is 0 Å². The van der Waals surface area contributed by atoms with E-state index in [9.17, 15) is 0 Å². The highest BCUT2D eigenvalue weighted by molar-refractivity contribution is 7.99. The quantitative estimate of drug-likeness (QED) is 0.616. The van der Waals surface area contributed by atoms with Crippen molar-refractivity contribution < 1.29 is 4.74 Å². The maximum Gasteiger partial charge on any atom is 0.196 e. The first-order valence-corrected chi connectivity index (χ1v) is 9.65. The Morgan fingerprint density at radius 1 is 1.59 bits per heavy atom. The van der Waals surface area contributed by atoms with Gasteiger partial charge in [-0.05, 0) is 55.4 Å². The molecule has 1 unspecified atom stereocenters. The van der Waals surface area contributed by atoms with Crippen LogP contribution in [0.2, 0.25) is 0 Å². The van der Waals surface area contributed by atoms with Crippen molar-refractivity contribution in [1.82, 2.24) is 9.97 Å². The van der Waals surface area contributed by atoms with Crippen molar-refractivity contribution >= 4 is 46.9 Å². The van der Waals surface area contributed by atoms with Crippen molar-refractivity contribution in [2.75, 3.05) is 6.26 Å². The van der Waals surface area contributed by atoms with E-state index in [1.54, 1.807) is 18.0 Å². The van der Waals surface area contributed by atoms with Crippen LogP contribution in [0.5, 0.6) is 0 Å². The molecular formula is C16H18N2OS3. The van der Waals surface area contributed by atoms with Crippen LogP contribution in [-0.2, 0) is 22.5 Å². The number of allylic oxidation sites excluding steroid dienone is 1. The van der Waals surface area contributed by atoms with Crippen LogP contribution in [0.15, 0.2) is 18.5 Å². The minimum atomic E-state index is -0.514. The Kier molecular flexibility index (Phi) is 4.70. The number of rotatable bonds is 6. The molecule has 1 aliphatic rings. The lowest BCUT2D eigenvalue weighted by Gasteiger charge is -2.30. The summed E-state index contributed by atoms with van der Waals surface area (Å²) >= 11 is 8.51. The van der Waals surface area contributed by atoms with Gasteiger partial charge in [0.05, 0.1) is 11.3 Å². The molecule has 0 saturated heterocycles. The number of aromatic amines is 1. The molecule has 1 N–H and O–H groups in total. The van der Waals surface area contributed by atoms with Gasteiger partial charge < -0.3 is 9.72 Å². The molecular weight excluding hydrogens is 332 g/mol. The van der Waals surface area contributed by atoms with E-state index in [1.165, 1.54) is 26.4 Å². The minimum Gasteiger partial charge on any atom is -0.467 e. The van der Waals surface area contributed by atoms with Crippen molar-refractivity contribution in [2.24, 2.45) is 0 Å². The molecule has 1 aliphatic carbocycles. The summed E-state index contributed by atoms with van der Waals surface area (Å²) in [5.41, 5.74) is 4.17. The molecule has 0 saturated carbocycles. The van der Waals surface area contributed by atoms with Crippen LogP contribution < -0.4 is 0 Å². The fourth-order valence-corrected chi connectivity index (χ4v) is 5.56.